The van der Waals surface area contributed by atoms with Crippen LogP contribution >= 0.6 is 0 Å². The van der Waals surface area contributed by atoms with Crippen molar-refractivity contribution in [3.05, 3.63) is 35.4 Å². The van der Waals surface area contributed by atoms with Gasteiger partial charge in [-0.1, -0.05) is 6.08 Å². The molecule has 1 amide bonds. The van der Waals surface area contributed by atoms with E-state index in [0.29, 0.717) is 13.2 Å². The molecule has 33 heavy (non-hydrogen) atoms. The lowest BCUT2D eigenvalue weighted by molar-refractivity contribution is -0.275. The molecule has 1 saturated heterocycles. The van der Waals surface area contributed by atoms with Crippen LogP contribution in [0.2, 0.25) is 0 Å². The van der Waals surface area contributed by atoms with Gasteiger partial charge in [-0.2, -0.15) is 5.10 Å². The number of amides is 1. The molecule has 0 radical (unpaired) electrons. The van der Waals surface area contributed by atoms with Crippen LogP contribution in [0.3, 0.4) is 0 Å². The van der Waals surface area contributed by atoms with E-state index < -0.39 is 25.1 Å². The standard InChI is InChI=1S/C18H18BF3N4O5.CHN/c20-18(21,22)30-14-7-11(6-10-3-4-19(28)31-15(10)14)24-17-13(16(23)27)8-26(25-17)12-2-1-5-29-9-12;1-2/h3-4,6-8,12,28H,1-2,5,9H2,(H2,23,27)(H,24,25);1H/t12-;/m1./s1. The summed E-state index contributed by atoms with van der Waals surface area (Å²) in [5, 5.41) is 23.3. The summed E-state index contributed by atoms with van der Waals surface area (Å²) >= 11 is 0. The molecule has 2 aliphatic heterocycles. The highest BCUT2D eigenvalue weighted by atomic mass is 19.4. The van der Waals surface area contributed by atoms with Gasteiger partial charge in [0, 0.05) is 36.7 Å². The van der Waals surface area contributed by atoms with Crippen LogP contribution in [0.5, 0.6) is 11.5 Å². The quantitative estimate of drug-likeness (QED) is 0.572. The van der Waals surface area contributed by atoms with Crippen molar-refractivity contribution >= 4 is 30.6 Å². The summed E-state index contributed by atoms with van der Waals surface area (Å²) in [5.41, 5.74) is 5.91. The first kappa shape index (κ1) is 24.0. The van der Waals surface area contributed by atoms with Gasteiger partial charge in [0.2, 0.25) is 0 Å². The minimum absolute atomic E-state index is 0.0730. The lowest BCUT2D eigenvalue weighted by atomic mass is 9.86. The molecule has 0 aliphatic carbocycles. The molecule has 1 fully saturated rings. The molecule has 4 rings (SSSR count). The number of anilines is 2. The summed E-state index contributed by atoms with van der Waals surface area (Å²) in [6, 6.07) is 2.41. The number of halogens is 3. The summed E-state index contributed by atoms with van der Waals surface area (Å²) in [7, 11) is -1.41. The number of ether oxygens (including phenoxy) is 2. The van der Waals surface area contributed by atoms with Crippen molar-refractivity contribution in [1.29, 1.82) is 5.26 Å². The number of nitriles is 1. The van der Waals surface area contributed by atoms with Gasteiger partial charge < -0.3 is 30.2 Å². The number of carbonyl (C=O) groups excluding carboxylic acids is 1. The molecule has 1 atom stereocenters. The van der Waals surface area contributed by atoms with Crippen LogP contribution in [0.25, 0.3) is 6.08 Å². The van der Waals surface area contributed by atoms with Gasteiger partial charge in [-0.25, -0.2) is 5.26 Å². The average molecular weight is 465 g/mol. The van der Waals surface area contributed by atoms with E-state index in [9.17, 15) is 23.0 Å². The Morgan fingerprint density at radius 3 is 2.82 bits per heavy atom. The third kappa shape index (κ3) is 5.76. The first-order valence-electron chi connectivity index (χ1n) is 9.66. The number of nitrogens with zero attached hydrogens (tertiary/aromatic N) is 3. The highest BCUT2D eigenvalue weighted by Crippen LogP contribution is 2.41. The zero-order valence-electron chi connectivity index (χ0n) is 17.1. The highest BCUT2D eigenvalue weighted by molar-refractivity contribution is 6.51. The van der Waals surface area contributed by atoms with Gasteiger partial charge in [-0.3, -0.25) is 9.48 Å². The molecule has 14 heteroatoms. The maximum atomic E-state index is 12.9. The van der Waals surface area contributed by atoms with Crippen LogP contribution in [0.15, 0.2) is 24.3 Å². The Balaban J connectivity index is 0.00000149. The van der Waals surface area contributed by atoms with E-state index in [4.69, 9.17) is 20.4 Å². The van der Waals surface area contributed by atoms with Crippen molar-refractivity contribution in [1.82, 2.24) is 9.78 Å². The molecule has 2 aromatic rings. The fraction of sp³-hybridized carbons (Fsp3) is 0.316. The first-order chi connectivity index (χ1) is 15.7. The van der Waals surface area contributed by atoms with Crippen molar-refractivity contribution in [2.45, 2.75) is 25.2 Å². The van der Waals surface area contributed by atoms with Gasteiger partial charge in [0.1, 0.15) is 5.56 Å². The molecule has 0 bridgehead atoms. The average Bonchev–Trinajstić information content (AvgIpc) is 3.19. The summed E-state index contributed by atoms with van der Waals surface area (Å²) in [6.45, 7) is 4.57. The topological polar surface area (TPSA) is 145 Å². The summed E-state index contributed by atoms with van der Waals surface area (Å²) in [4.78, 5) is 11.9. The molecule has 1 aromatic heterocycles. The molecule has 2 aliphatic rings. The number of aromatic nitrogens is 2. The Morgan fingerprint density at radius 2 is 2.18 bits per heavy atom. The number of nitrogens with two attached hydrogens (primary N) is 1. The number of hydrogen-bond acceptors (Lipinski definition) is 8. The number of hydrogen-bond donors (Lipinski definition) is 3. The second-order valence-electron chi connectivity index (χ2n) is 7.04. The number of rotatable bonds is 5. The minimum atomic E-state index is -4.98. The van der Waals surface area contributed by atoms with E-state index in [1.807, 2.05) is 0 Å². The minimum Gasteiger partial charge on any atom is -0.530 e. The Bertz CT molecular complexity index is 1070. The maximum absolute atomic E-state index is 12.9. The lowest BCUT2D eigenvalue weighted by Crippen LogP contribution is -2.24. The van der Waals surface area contributed by atoms with Crippen LogP contribution in [0.4, 0.5) is 24.7 Å². The largest absolute Gasteiger partial charge is 0.573 e. The zero-order chi connectivity index (χ0) is 24.2. The van der Waals surface area contributed by atoms with Crippen LogP contribution in [0.1, 0.15) is 34.8 Å². The van der Waals surface area contributed by atoms with Crippen LogP contribution in [0, 0.1) is 11.8 Å². The molecule has 0 unspecified atom stereocenters. The van der Waals surface area contributed by atoms with E-state index in [0.717, 1.165) is 18.9 Å². The van der Waals surface area contributed by atoms with E-state index in [-0.39, 0.29) is 34.4 Å². The van der Waals surface area contributed by atoms with Crippen LogP contribution in [-0.2, 0) is 4.74 Å². The Hall–Kier alpha value is -3.70. The molecule has 174 valence electrons. The number of primary amides is 1. The number of nitrogens with one attached hydrogen (secondary N) is 1. The Morgan fingerprint density at radius 1 is 1.42 bits per heavy atom. The van der Waals surface area contributed by atoms with E-state index in [1.165, 1.54) is 24.3 Å². The van der Waals surface area contributed by atoms with Gasteiger partial charge in [0.25, 0.3) is 5.91 Å². The predicted octanol–water partition coefficient (Wildman–Crippen LogP) is 2.54. The molecule has 0 spiro atoms. The number of carbonyl (C=O) groups is 1. The molecular weight excluding hydrogens is 446 g/mol. The number of fused-ring (bicyclic) bond motifs is 1. The second-order valence-corrected chi connectivity index (χ2v) is 7.04. The molecule has 3 heterocycles. The number of benzene rings is 1. The molecule has 1 aromatic carbocycles. The van der Waals surface area contributed by atoms with Gasteiger partial charge in [0.15, 0.2) is 17.3 Å². The molecule has 10 nitrogen and oxygen atoms in total. The second kappa shape index (κ2) is 9.84. The van der Waals surface area contributed by atoms with Crippen molar-refractivity contribution in [3.63, 3.8) is 0 Å². The summed E-state index contributed by atoms with van der Waals surface area (Å²) < 4.78 is 54.8. The van der Waals surface area contributed by atoms with Crippen LogP contribution in [-0.4, -0.2) is 47.4 Å². The van der Waals surface area contributed by atoms with Crippen molar-refractivity contribution in [2.24, 2.45) is 5.73 Å². The number of alkyl halides is 3. The van der Waals surface area contributed by atoms with E-state index in [1.54, 1.807) is 4.68 Å². The highest BCUT2D eigenvalue weighted by Gasteiger charge is 2.34. The van der Waals surface area contributed by atoms with Gasteiger partial charge in [-0.05, 0) is 24.9 Å². The van der Waals surface area contributed by atoms with Gasteiger partial charge in [0.05, 0.1) is 12.6 Å². The van der Waals surface area contributed by atoms with Crippen molar-refractivity contribution < 1.29 is 37.1 Å². The zero-order valence-corrected chi connectivity index (χ0v) is 17.1. The van der Waals surface area contributed by atoms with E-state index >= 15 is 0 Å². The third-order valence-electron chi connectivity index (χ3n) is 4.76. The summed E-state index contributed by atoms with van der Waals surface area (Å²) in [5.74, 6) is -0.330. The fourth-order valence-electron chi connectivity index (χ4n) is 3.41. The fourth-order valence-corrected chi connectivity index (χ4v) is 3.41. The predicted molar refractivity (Wildman–Crippen MR) is 111 cm³/mol. The Labute approximate surface area is 186 Å². The van der Waals surface area contributed by atoms with Gasteiger partial charge >= 0.3 is 13.5 Å². The molecule has 4 N–H and O–H groups in total. The Kier molecular flexibility index (Phi) is 7.15. The summed E-state index contributed by atoms with van der Waals surface area (Å²) in [6.07, 6.45) is -0.477. The first-order valence-corrected chi connectivity index (χ1v) is 9.66. The van der Waals surface area contributed by atoms with Crippen molar-refractivity contribution in [2.75, 3.05) is 18.5 Å². The third-order valence-corrected chi connectivity index (χ3v) is 4.76. The monoisotopic (exact) mass is 465 g/mol. The van der Waals surface area contributed by atoms with Crippen molar-refractivity contribution in [3.8, 4) is 18.1 Å². The maximum Gasteiger partial charge on any atom is 0.573 e. The molecule has 0 saturated carbocycles. The SMILES string of the molecule is C#N.NC(=O)c1cn([C@@H]2CCCOC2)nc1Nc1cc2c(c(OC(F)(F)F)c1)OB(O)C=C2. The lowest BCUT2D eigenvalue weighted by Gasteiger charge is -2.22. The van der Waals surface area contributed by atoms with E-state index in [2.05, 4.69) is 21.7 Å². The van der Waals surface area contributed by atoms with Gasteiger partial charge in [-0.15, -0.1) is 13.2 Å². The normalized spacial score (nSPS) is 17.3. The van der Waals surface area contributed by atoms with Crippen LogP contribution < -0.4 is 20.4 Å². The molecular formula is C19H19BF3N5O5. The smallest absolute Gasteiger partial charge is 0.530 e.